The van der Waals surface area contributed by atoms with Crippen molar-refractivity contribution in [1.29, 1.82) is 0 Å². The molecule has 0 saturated carbocycles. The zero-order chi connectivity index (χ0) is 27.5. The summed E-state index contributed by atoms with van der Waals surface area (Å²) in [6.45, 7) is 3.08. The highest BCUT2D eigenvalue weighted by Gasteiger charge is 2.43. The largest absolute Gasteiger partial charge is 0.394 e. The summed E-state index contributed by atoms with van der Waals surface area (Å²) >= 11 is 0. The molecule has 218 valence electrons. The fourth-order valence-electron chi connectivity index (χ4n) is 4.64. The summed E-state index contributed by atoms with van der Waals surface area (Å²) < 4.78 is 16.7. The van der Waals surface area contributed by atoms with Crippen LogP contribution < -0.4 is 5.32 Å². The van der Waals surface area contributed by atoms with Crippen molar-refractivity contribution in [2.45, 2.75) is 107 Å². The van der Waals surface area contributed by atoms with Gasteiger partial charge in [0, 0.05) is 20.0 Å². The lowest BCUT2D eigenvalue weighted by Gasteiger charge is -2.40. The summed E-state index contributed by atoms with van der Waals surface area (Å²) in [5.74, 6) is -0.00245. The van der Waals surface area contributed by atoms with Gasteiger partial charge in [-0.05, 0) is 45.7 Å². The summed E-state index contributed by atoms with van der Waals surface area (Å²) in [6, 6.07) is 0. The minimum absolute atomic E-state index is 0.00245. The number of amides is 1. The molecule has 0 aromatic carbocycles. The van der Waals surface area contributed by atoms with Crippen molar-refractivity contribution in [3.05, 3.63) is 0 Å². The van der Waals surface area contributed by atoms with E-state index in [0.717, 1.165) is 19.3 Å². The van der Waals surface area contributed by atoms with Crippen molar-refractivity contribution >= 4 is 5.91 Å². The first-order chi connectivity index (χ1) is 17.6. The van der Waals surface area contributed by atoms with Crippen LogP contribution in [-0.4, -0.2) is 148 Å². The van der Waals surface area contributed by atoms with Gasteiger partial charge in [0.2, 0.25) is 5.91 Å². The smallest absolute Gasteiger partial charge is 0.219 e. The molecule has 2 fully saturated rings. The van der Waals surface area contributed by atoms with E-state index in [2.05, 4.69) is 10.2 Å². The van der Waals surface area contributed by atoms with E-state index in [-0.39, 0.29) is 12.5 Å². The Morgan fingerprint density at radius 1 is 0.811 bits per heavy atom. The van der Waals surface area contributed by atoms with Gasteiger partial charge in [-0.2, -0.15) is 0 Å². The molecule has 2 heterocycles. The number of aliphatic hydroxyl groups is 7. The van der Waals surface area contributed by atoms with Gasteiger partial charge in [-0.15, -0.1) is 0 Å². The second-order valence-electron chi connectivity index (χ2n) is 9.89. The zero-order valence-electron chi connectivity index (χ0n) is 21.8. The Labute approximate surface area is 217 Å². The summed E-state index contributed by atoms with van der Waals surface area (Å²) in [6.07, 6.45) is -7.58. The molecular weight excluding hydrogens is 492 g/mol. The molecule has 2 saturated heterocycles. The first-order valence-corrected chi connectivity index (χ1v) is 13.1. The molecule has 10 atom stereocenters. The van der Waals surface area contributed by atoms with Gasteiger partial charge in [-0.3, -0.25) is 4.79 Å². The quantitative estimate of drug-likeness (QED) is 0.0988. The van der Waals surface area contributed by atoms with E-state index >= 15 is 0 Å². The van der Waals surface area contributed by atoms with Gasteiger partial charge in [0.15, 0.2) is 6.29 Å². The Kier molecular flexibility index (Phi) is 14.1. The van der Waals surface area contributed by atoms with Crippen LogP contribution in [0.1, 0.15) is 45.4 Å². The molecule has 37 heavy (non-hydrogen) atoms. The van der Waals surface area contributed by atoms with Gasteiger partial charge in [0.1, 0.15) is 42.7 Å². The van der Waals surface area contributed by atoms with Crippen molar-refractivity contribution in [2.24, 2.45) is 0 Å². The van der Waals surface area contributed by atoms with E-state index in [4.69, 9.17) is 14.2 Å². The van der Waals surface area contributed by atoms with Gasteiger partial charge < -0.3 is 60.2 Å². The van der Waals surface area contributed by atoms with E-state index in [1.54, 1.807) is 14.0 Å². The third kappa shape index (κ3) is 9.62. The van der Waals surface area contributed by atoms with Crippen molar-refractivity contribution in [2.75, 3.05) is 39.9 Å². The first kappa shape index (κ1) is 32.2. The highest BCUT2D eigenvalue weighted by atomic mass is 16.7. The molecule has 2 rings (SSSR count). The molecule has 8 N–H and O–H groups in total. The third-order valence-electron chi connectivity index (χ3n) is 7.11. The van der Waals surface area contributed by atoms with E-state index < -0.39 is 67.8 Å². The third-order valence-corrected chi connectivity index (χ3v) is 7.11. The fourth-order valence-corrected chi connectivity index (χ4v) is 4.64. The minimum atomic E-state index is -1.40. The maximum Gasteiger partial charge on any atom is 0.219 e. The highest BCUT2D eigenvalue weighted by Crippen LogP contribution is 2.24. The molecule has 13 heteroatoms. The number of nitrogens with zero attached hydrogens (tertiary/aromatic N) is 1. The number of nitrogens with one attached hydrogen (secondary N) is 1. The van der Waals surface area contributed by atoms with Crippen LogP contribution in [0, 0.1) is 0 Å². The number of aliphatic hydroxyl groups excluding tert-OH is 7. The van der Waals surface area contributed by atoms with Crippen LogP contribution >= 0.6 is 0 Å². The maximum atomic E-state index is 11.4. The van der Waals surface area contributed by atoms with Crippen molar-refractivity contribution in [3.8, 4) is 0 Å². The number of hydrogen-bond donors (Lipinski definition) is 8. The Balaban J connectivity index is 1.84. The van der Waals surface area contributed by atoms with Gasteiger partial charge in [-0.25, -0.2) is 0 Å². The Hall–Kier alpha value is -0.970. The van der Waals surface area contributed by atoms with Crippen molar-refractivity contribution in [3.63, 3.8) is 0 Å². The molecular formula is C24H46N2O11. The summed E-state index contributed by atoms with van der Waals surface area (Å²) in [5.41, 5.74) is 0. The number of carbonyl (C=O) groups excluding carboxylic acids is 1. The Bertz CT molecular complexity index is 658. The van der Waals surface area contributed by atoms with Gasteiger partial charge in [-0.1, -0.05) is 6.42 Å². The van der Waals surface area contributed by atoms with Crippen LogP contribution in [0.5, 0.6) is 0 Å². The number of hydrogen-bond acceptors (Lipinski definition) is 12. The molecule has 0 aromatic heterocycles. The lowest BCUT2D eigenvalue weighted by Crippen LogP contribution is -2.58. The lowest BCUT2D eigenvalue weighted by molar-refractivity contribution is -0.293. The minimum Gasteiger partial charge on any atom is -0.394 e. The SMILES string of the molecule is CNC(=O)CCCCCN(CCC[C@H]1O[C@H](CO)[C@@H](O)[C@H](O)[C@@H]1O)CCO[C@@H]1O[C@@H](C)[C@@H](O)[C@@H](O)[C@@H]1O. The predicted octanol–water partition coefficient (Wildman–Crippen LogP) is -2.94. The molecule has 2 aliphatic heterocycles. The fraction of sp³-hybridized carbons (Fsp3) is 0.958. The molecule has 0 bridgehead atoms. The topological polar surface area (TPSA) is 202 Å². The van der Waals surface area contributed by atoms with Crippen LogP contribution in [0.15, 0.2) is 0 Å². The van der Waals surface area contributed by atoms with Gasteiger partial charge in [0.25, 0.3) is 0 Å². The normalized spacial score (nSPS) is 36.6. The summed E-state index contributed by atoms with van der Waals surface area (Å²) in [4.78, 5) is 13.5. The molecule has 0 spiro atoms. The molecule has 1 amide bonds. The van der Waals surface area contributed by atoms with E-state index in [1.807, 2.05) is 0 Å². The standard InChI is InChI=1S/C24H46N2O11/c1-14-18(29)21(32)23(34)24(36-14)35-12-11-26(9-5-3-4-8-17(28)25-2)10-6-7-15-19(30)22(33)20(31)16(13-27)37-15/h14-16,18-24,27,29-34H,3-13H2,1-2H3,(H,25,28)/t14-,15+,16+,18+,19+,20+,21+,22+,23-,24+/m0/s1. The highest BCUT2D eigenvalue weighted by molar-refractivity contribution is 5.75. The monoisotopic (exact) mass is 538 g/mol. The Morgan fingerprint density at radius 2 is 1.46 bits per heavy atom. The van der Waals surface area contributed by atoms with Crippen LogP contribution in [-0.2, 0) is 19.0 Å². The number of ether oxygens (including phenoxy) is 3. The molecule has 13 nitrogen and oxygen atoms in total. The molecule has 0 unspecified atom stereocenters. The van der Waals surface area contributed by atoms with Crippen LogP contribution in [0.3, 0.4) is 0 Å². The van der Waals surface area contributed by atoms with E-state index in [0.29, 0.717) is 38.9 Å². The molecule has 0 radical (unpaired) electrons. The van der Waals surface area contributed by atoms with Gasteiger partial charge >= 0.3 is 0 Å². The van der Waals surface area contributed by atoms with Crippen molar-refractivity contribution in [1.82, 2.24) is 10.2 Å². The second kappa shape index (κ2) is 16.2. The molecule has 0 aliphatic carbocycles. The second-order valence-corrected chi connectivity index (χ2v) is 9.89. The number of rotatable bonds is 15. The van der Waals surface area contributed by atoms with E-state index in [9.17, 15) is 40.5 Å². The summed E-state index contributed by atoms with van der Waals surface area (Å²) in [7, 11) is 1.60. The first-order valence-electron chi connectivity index (χ1n) is 13.1. The van der Waals surface area contributed by atoms with Crippen LogP contribution in [0.4, 0.5) is 0 Å². The molecule has 2 aliphatic rings. The van der Waals surface area contributed by atoms with Crippen molar-refractivity contribution < 1.29 is 54.8 Å². The summed E-state index contributed by atoms with van der Waals surface area (Å²) in [5, 5.41) is 72.1. The number of unbranched alkanes of at least 4 members (excludes halogenated alkanes) is 2. The molecule has 0 aromatic rings. The van der Waals surface area contributed by atoms with Gasteiger partial charge in [0.05, 0.1) is 25.4 Å². The maximum absolute atomic E-state index is 11.4. The zero-order valence-corrected chi connectivity index (χ0v) is 21.8. The predicted molar refractivity (Wildman–Crippen MR) is 130 cm³/mol. The van der Waals surface area contributed by atoms with Crippen LogP contribution in [0.25, 0.3) is 0 Å². The number of carbonyl (C=O) groups is 1. The average molecular weight is 539 g/mol. The lowest BCUT2D eigenvalue weighted by atomic mass is 9.93. The van der Waals surface area contributed by atoms with Crippen LogP contribution in [0.2, 0.25) is 0 Å². The van der Waals surface area contributed by atoms with E-state index in [1.165, 1.54) is 0 Å². The Morgan fingerprint density at radius 3 is 2.14 bits per heavy atom. The average Bonchev–Trinajstić information content (AvgIpc) is 2.89.